The Labute approximate surface area is 214 Å². The molecule has 0 aliphatic heterocycles. The van der Waals surface area contributed by atoms with Crippen LogP contribution in [0.2, 0.25) is 0 Å². The van der Waals surface area contributed by atoms with E-state index in [4.69, 9.17) is 9.15 Å². The molecule has 1 unspecified atom stereocenters. The molecule has 0 aliphatic carbocycles. The van der Waals surface area contributed by atoms with Gasteiger partial charge >= 0.3 is 0 Å². The van der Waals surface area contributed by atoms with E-state index in [-0.39, 0.29) is 11.2 Å². The van der Waals surface area contributed by atoms with Crippen LogP contribution in [0.5, 0.6) is 0 Å². The first-order chi connectivity index (χ1) is 16.9. The quantitative estimate of drug-likeness (QED) is 0.273. The van der Waals surface area contributed by atoms with Crippen molar-refractivity contribution in [3.63, 3.8) is 0 Å². The van der Waals surface area contributed by atoms with E-state index in [0.29, 0.717) is 31.0 Å². The highest BCUT2D eigenvalue weighted by atomic mass is 16.5. The van der Waals surface area contributed by atoms with Crippen molar-refractivity contribution in [2.75, 3.05) is 25.6 Å². The van der Waals surface area contributed by atoms with E-state index in [0.717, 1.165) is 22.0 Å². The number of hydrogen-bond donors (Lipinski definition) is 1. The molecular weight excluding hydrogens is 450 g/mol. The van der Waals surface area contributed by atoms with E-state index in [1.54, 1.807) is 6.07 Å². The summed E-state index contributed by atoms with van der Waals surface area (Å²) in [4.78, 5) is 15.0. The minimum absolute atomic E-state index is 0.00189. The zero-order valence-corrected chi connectivity index (χ0v) is 22.4. The third kappa shape index (κ3) is 6.99. The van der Waals surface area contributed by atoms with Gasteiger partial charge in [0.1, 0.15) is 23.2 Å². The van der Waals surface area contributed by atoms with Gasteiger partial charge in [-0.05, 0) is 81.6 Å². The second-order valence-electron chi connectivity index (χ2n) is 10.6. The van der Waals surface area contributed by atoms with Gasteiger partial charge in [-0.15, -0.1) is 0 Å². The predicted octanol–water partition coefficient (Wildman–Crippen LogP) is 6.56. The third-order valence-corrected chi connectivity index (χ3v) is 6.29. The molecule has 1 amide bonds. The van der Waals surface area contributed by atoms with Crippen molar-refractivity contribution in [3.8, 4) is 17.4 Å². The van der Waals surface area contributed by atoms with Crippen molar-refractivity contribution < 1.29 is 13.9 Å². The van der Waals surface area contributed by atoms with Crippen LogP contribution in [0.3, 0.4) is 0 Å². The SMILES string of the molecule is CCC(C)(CCOC(C)(C)C)NC(=O)C(C#N)=Cc1ccc(-c2ccc3cc(N(C)C)ccc3c2)o1. The summed E-state index contributed by atoms with van der Waals surface area (Å²) >= 11 is 0. The highest BCUT2D eigenvalue weighted by Crippen LogP contribution is 2.29. The summed E-state index contributed by atoms with van der Waals surface area (Å²) < 4.78 is 11.8. The molecule has 2 aromatic carbocycles. The number of rotatable bonds is 9. The van der Waals surface area contributed by atoms with E-state index in [1.807, 2.05) is 66.9 Å². The van der Waals surface area contributed by atoms with Crippen LogP contribution in [-0.2, 0) is 9.53 Å². The first kappa shape index (κ1) is 27.0. The Morgan fingerprint density at radius 1 is 1.08 bits per heavy atom. The number of furan rings is 1. The Balaban J connectivity index is 1.75. The Morgan fingerprint density at radius 2 is 1.78 bits per heavy atom. The van der Waals surface area contributed by atoms with Gasteiger partial charge in [0.25, 0.3) is 5.91 Å². The average Bonchev–Trinajstić information content (AvgIpc) is 3.29. The minimum atomic E-state index is -0.482. The van der Waals surface area contributed by atoms with Crippen molar-refractivity contribution in [3.05, 3.63) is 59.9 Å². The highest BCUT2D eigenvalue weighted by molar-refractivity contribution is 6.01. The molecule has 3 rings (SSSR count). The fourth-order valence-electron chi connectivity index (χ4n) is 3.79. The van der Waals surface area contributed by atoms with Gasteiger partial charge in [0.05, 0.1) is 5.60 Å². The van der Waals surface area contributed by atoms with Crippen molar-refractivity contribution in [1.82, 2.24) is 5.32 Å². The van der Waals surface area contributed by atoms with Gasteiger partial charge in [-0.25, -0.2) is 0 Å². The first-order valence-electron chi connectivity index (χ1n) is 12.3. The zero-order valence-electron chi connectivity index (χ0n) is 22.4. The second-order valence-corrected chi connectivity index (χ2v) is 10.6. The number of ether oxygens (including phenoxy) is 1. The summed E-state index contributed by atoms with van der Waals surface area (Å²) in [5, 5.41) is 14.9. The summed E-state index contributed by atoms with van der Waals surface area (Å²) in [6.45, 7) is 10.5. The topological polar surface area (TPSA) is 78.5 Å². The molecular formula is C30H37N3O3. The van der Waals surface area contributed by atoms with Crippen LogP contribution in [0, 0.1) is 11.3 Å². The van der Waals surface area contributed by atoms with Crippen LogP contribution >= 0.6 is 0 Å². The fourth-order valence-corrected chi connectivity index (χ4v) is 3.79. The lowest BCUT2D eigenvalue weighted by atomic mass is 9.94. The highest BCUT2D eigenvalue weighted by Gasteiger charge is 2.27. The average molecular weight is 488 g/mol. The maximum Gasteiger partial charge on any atom is 0.262 e. The van der Waals surface area contributed by atoms with Gasteiger partial charge in [0, 0.05) is 43.6 Å². The molecule has 36 heavy (non-hydrogen) atoms. The molecule has 190 valence electrons. The van der Waals surface area contributed by atoms with Crippen LogP contribution < -0.4 is 10.2 Å². The lowest BCUT2D eigenvalue weighted by Crippen LogP contribution is -2.47. The molecule has 0 saturated carbocycles. The Morgan fingerprint density at radius 3 is 2.42 bits per heavy atom. The number of nitrogens with one attached hydrogen (secondary N) is 1. The Bertz CT molecular complexity index is 1290. The molecule has 1 aromatic heterocycles. The van der Waals surface area contributed by atoms with E-state index in [9.17, 15) is 10.1 Å². The predicted molar refractivity (Wildman–Crippen MR) is 147 cm³/mol. The number of carbonyl (C=O) groups excluding carboxylic acids is 1. The number of amides is 1. The van der Waals surface area contributed by atoms with E-state index < -0.39 is 11.4 Å². The number of nitriles is 1. The Kier molecular flexibility index (Phi) is 8.27. The molecule has 1 atom stereocenters. The lowest BCUT2D eigenvalue weighted by Gasteiger charge is -2.31. The van der Waals surface area contributed by atoms with Gasteiger partial charge in [0.2, 0.25) is 0 Å². The van der Waals surface area contributed by atoms with Crippen molar-refractivity contribution in [2.24, 2.45) is 0 Å². The molecule has 1 N–H and O–H groups in total. The van der Waals surface area contributed by atoms with Gasteiger partial charge in [-0.2, -0.15) is 5.26 Å². The number of benzene rings is 2. The van der Waals surface area contributed by atoms with Crippen molar-refractivity contribution >= 4 is 28.4 Å². The molecule has 0 fully saturated rings. The van der Waals surface area contributed by atoms with Crippen LogP contribution in [0.1, 0.15) is 53.2 Å². The number of anilines is 1. The third-order valence-electron chi connectivity index (χ3n) is 6.29. The molecule has 0 bridgehead atoms. The van der Waals surface area contributed by atoms with Crippen LogP contribution in [0.25, 0.3) is 28.2 Å². The minimum Gasteiger partial charge on any atom is -0.457 e. The summed E-state index contributed by atoms with van der Waals surface area (Å²) in [5.41, 5.74) is 1.35. The molecule has 0 aliphatic rings. The van der Waals surface area contributed by atoms with Gasteiger partial charge < -0.3 is 19.4 Å². The molecule has 0 saturated heterocycles. The molecule has 6 heteroatoms. The maximum atomic E-state index is 12.9. The number of hydrogen-bond acceptors (Lipinski definition) is 5. The van der Waals surface area contributed by atoms with Gasteiger partial charge in [-0.1, -0.05) is 25.1 Å². The maximum absolute atomic E-state index is 12.9. The largest absolute Gasteiger partial charge is 0.457 e. The van der Waals surface area contributed by atoms with E-state index in [1.165, 1.54) is 6.08 Å². The molecule has 0 radical (unpaired) electrons. The van der Waals surface area contributed by atoms with Crippen LogP contribution in [0.4, 0.5) is 5.69 Å². The molecule has 6 nitrogen and oxygen atoms in total. The molecule has 3 aromatic rings. The second kappa shape index (κ2) is 11.0. The summed E-state index contributed by atoms with van der Waals surface area (Å²) in [6, 6.07) is 18.1. The summed E-state index contributed by atoms with van der Waals surface area (Å²) in [7, 11) is 4.04. The monoisotopic (exact) mass is 487 g/mol. The summed E-state index contributed by atoms with van der Waals surface area (Å²) in [6.07, 6.45) is 2.85. The lowest BCUT2D eigenvalue weighted by molar-refractivity contribution is -0.119. The normalized spacial score (nSPS) is 13.8. The number of fused-ring (bicyclic) bond motifs is 1. The van der Waals surface area contributed by atoms with E-state index in [2.05, 4.69) is 40.5 Å². The van der Waals surface area contributed by atoms with Crippen molar-refractivity contribution in [1.29, 1.82) is 5.26 Å². The zero-order chi connectivity index (χ0) is 26.5. The standard InChI is InChI=1S/C30H37N3O3/c1-8-30(5,15-16-35-29(2,3)4)32-28(34)24(20-31)19-26-13-14-27(36-26)23-10-9-22-18-25(33(6)7)12-11-21(22)17-23/h9-14,17-19H,8,15-16H2,1-7H3,(H,32,34). The van der Waals surface area contributed by atoms with Crippen LogP contribution in [0.15, 0.2) is 58.5 Å². The number of carbonyl (C=O) groups is 1. The van der Waals surface area contributed by atoms with Crippen LogP contribution in [-0.4, -0.2) is 37.7 Å². The molecule has 0 spiro atoms. The Hall–Kier alpha value is -3.56. The van der Waals surface area contributed by atoms with Crippen molar-refractivity contribution in [2.45, 2.75) is 58.6 Å². The summed E-state index contributed by atoms with van der Waals surface area (Å²) in [5.74, 6) is 0.710. The molecule has 1 heterocycles. The fraction of sp³-hybridized carbons (Fsp3) is 0.400. The smallest absolute Gasteiger partial charge is 0.262 e. The van der Waals surface area contributed by atoms with Gasteiger partial charge in [0.15, 0.2) is 0 Å². The number of nitrogens with zero attached hydrogens (tertiary/aromatic N) is 2. The first-order valence-corrected chi connectivity index (χ1v) is 12.3. The van der Waals surface area contributed by atoms with Gasteiger partial charge in [-0.3, -0.25) is 4.79 Å². The van der Waals surface area contributed by atoms with E-state index >= 15 is 0 Å².